The molecular formula is C4H7FN2. The first kappa shape index (κ1) is 4.43. The first-order valence-corrected chi connectivity index (χ1v) is 2.11. The molecule has 0 aromatic rings. The summed E-state index contributed by atoms with van der Waals surface area (Å²) in [5, 5.41) is 2.71. The summed E-state index contributed by atoms with van der Waals surface area (Å²) >= 11 is 0. The van der Waals surface area contributed by atoms with Crippen molar-refractivity contribution in [3.63, 3.8) is 0 Å². The van der Waals surface area contributed by atoms with E-state index in [1.165, 1.54) is 11.1 Å². The van der Waals surface area contributed by atoms with E-state index in [4.69, 9.17) is 0 Å². The van der Waals surface area contributed by atoms with E-state index in [1.54, 1.807) is 7.05 Å². The molecule has 0 aromatic carbocycles. The molecule has 0 spiro atoms. The van der Waals surface area contributed by atoms with Gasteiger partial charge in [-0.1, -0.05) is 0 Å². The predicted molar refractivity (Wildman–Crippen MR) is 25.0 cm³/mol. The van der Waals surface area contributed by atoms with Crippen molar-refractivity contribution in [2.75, 3.05) is 13.7 Å². The summed E-state index contributed by atoms with van der Waals surface area (Å²) in [6, 6.07) is 0. The van der Waals surface area contributed by atoms with Crippen molar-refractivity contribution in [3.05, 3.63) is 12.2 Å². The monoisotopic (exact) mass is 102 g/mol. The average Bonchev–Trinajstić information content (AvgIpc) is 1.91. The van der Waals surface area contributed by atoms with Crippen molar-refractivity contribution in [2.24, 2.45) is 0 Å². The standard InChI is InChI=1S/C4H7FN2/c1-7-3-6-2-4(7)5/h2,6H,3H2,1H3. The molecule has 0 atom stereocenters. The first-order valence-electron chi connectivity index (χ1n) is 2.11. The zero-order valence-corrected chi connectivity index (χ0v) is 4.11. The first-order chi connectivity index (χ1) is 3.30. The quantitative estimate of drug-likeness (QED) is 0.441. The van der Waals surface area contributed by atoms with Gasteiger partial charge in [0.1, 0.15) is 0 Å². The fraction of sp³-hybridized carbons (Fsp3) is 0.500. The second-order valence-corrected chi connectivity index (χ2v) is 1.53. The molecule has 1 heterocycles. The summed E-state index contributed by atoms with van der Waals surface area (Å²) in [5.41, 5.74) is 0. The van der Waals surface area contributed by atoms with E-state index in [0.29, 0.717) is 6.67 Å². The molecule has 0 saturated heterocycles. The summed E-state index contributed by atoms with van der Waals surface area (Å²) < 4.78 is 12.0. The zero-order valence-electron chi connectivity index (χ0n) is 4.11. The van der Waals surface area contributed by atoms with Crippen molar-refractivity contribution in [1.29, 1.82) is 0 Å². The third kappa shape index (κ3) is 0.656. The molecule has 0 aromatic heterocycles. The molecule has 1 N–H and O–H groups in total. The summed E-state index contributed by atoms with van der Waals surface area (Å²) in [6.45, 7) is 0.589. The Hall–Kier alpha value is -0.730. The third-order valence-electron chi connectivity index (χ3n) is 0.914. The van der Waals surface area contributed by atoms with E-state index >= 15 is 0 Å². The fourth-order valence-electron chi connectivity index (χ4n) is 0.453. The third-order valence-corrected chi connectivity index (χ3v) is 0.914. The molecule has 1 rings (SSSR count). The molecule has 0 radical (unpaired) electrons. The lowest BCUT2D eigenvalue weighted by Gasteiger charge is -2.05. The summed E-state index contributed by atoms with van der Waals surface area (Å²) in [6.07, 6.45) is 1.35. The number of hydrogen-bond donors (Lipinski definition) is 1. The van der Waals surface area contributed by atoms with Crippen LogP contribution in [0.15, 0.2) is 12.2 Å². The van der Waals surface area contributed by atoms with E-state index in [-0.39, 0.29) is 5.95 Å². The van der Waals surface area contributed by atoms with Gasteiger partial charge < -0.3 is 10.2 Å². The molecule has 40 valence electrons. The summed E-state index contributed by atoms with van der Waals surface area (Å²) in [5.74, 6) is -0.194. The molecule has 0 bridgehead atoms. The number of hydrogen-bond acceptors (Lipinski definition) is 2. The lowest BCUT2D eigenvalue weighted by atomic mass is 10.8. The van der Waals surface area contributed by atoms with Gasteiger partial charge in [-0.25, -0.2) is 0 Å². The Morgan fingerprint density at radius 2 is 2.71 bits per heavy atom. The highest BCUT2D eigenvalue weighted by Gasteiger charge is 2.05. The van der Waals surface area contributed by atoms with Crippen molar-refractivity contribution >= 4 is 0 Å². The minimum Gasteiger partial charge on any atom is -0.370 e. The van der Waals surface area contributed by atoms with Gasteiger partial charge in [-0.15, -0.1) is 0 Å². The molecule has 3 heteroatoms. The fourth-order valence-corrected chi connectivity index (χ4v) is 0.453. The van der Waals surface area contributed by atoms with E-state index in [1.807, 2.05) is 0 Å². The molecule has 7 heavy (non-hydrogen) atoms. The van der Waals surface area contributed by atoms with Gasteiger partial charge in [0.2, 0.25) is 5.95 Å². The SMILES string of the molecule is CN1CNC=C1F. The van der Waals surface area contributed by atoms with Gasteiger partial charge in [0.05, 0.1) is 12.9 Å². The van der Waals surface area contributed by atoms with Gasteiger partial charge in [0, 0.05) is 7.05 Å². The number of halogens is 1. The van der Waals surface area contributed by atoms with Gasteiger partial charge in [0.25, 0.3) is 0 Å². The van der Waals surface area contributed by atoms with Gasteiger partial charge in [-0.05, 0) is 0 Å². The Balaban J connectivity index is 2.54. The van der Waals surface area contributed by atoms with Crippen LogP contribution in [0.25, 0.3) is 0 Å². The minimum absolute atomic E-state index is 0.194. The van der Waals surface area contributed by atoms with Crippen LogP contribution in [0.4, 0.5) is 4.39 Å². The van der Waals surface area contributed by atoms with Gasteiger partial charge in [-0.3, -0.25) is 0 Å². The van der Waals surface area contributed by atoms with Crippen molar-refractivity contribution < 1.29 is 4.39 Å². The van der Waals surface area contributed by atoms with Crippen LogP contribution in [-0.4, -0.2) is 18.6 Å². The molecule has 0 saturated carbocycles. The normalized spacial score (nSPS) is 19.1. The van der Waals surface area contributed by atoms with Crippen LogP contribution in [-0.2, 0) is 0 Å². The lowest BCUT2D eigenvalue weighted by Crippen LogP contribution is -2.16. The maximum atomic E-state index is 12.0. The van der Waals surface area contributed by atoms with Crippen LogP contribution in [0.1, 0.15) is 0 Å². The van der Waals surface area contributed by atoms with Crippen LogP contribution in [0, 0.1) is 0 Å². The number of rotatable bonds is 0. The molecule has 0 amide bonds. The predicted octanol–water partition coefficient (Wildman–Crippen LogP) is 0.247. The number of nitrogens with one attached hydrogen (secondary N) is 1. The summed E-state index contributed by atoms with van der Waals surface area (Å²) in [4.78, 5) is 1.49. The molecule has 1 aliphatic heterocycles. The maximum Gasteiger partial charge on any atom is 0.206 e. The highest BCUT2D eigenvalue weighted by atomic mass is 19.1. The van der Waals surface area contributed by atoms with Gasteiger partial charge >= 0.3 is 0 Å². The highest BCUT2D eigenvalue weighted by molar-refractivity contribution is 4.93. The average molecular weight is 102 g/mol. The second-order valence-electron chi connectivity index (χ2n) is 1.53. The van der Waals surface area contributed by atoms with Crippen LogP contribution < -0.4 is 5.32 Å². The van der Waals surface area contributed by atoms with Gasteiger partial charge in [-0.2, -0.15) is 4.39 Å². The molecule has 2 nitrogen and oxygen atoms in total. The second kappa shape index (κ2) is 1.40. The van der Waals surface area contributed by atoms with Crippen LogP contribution >= 0.6 is 0 Å². The van der Waals surface area contributed by atoms with Crippen molar-refractivity contribution in [2.45, 2.75) is 0 Å². The Morgan fingerprint density at radius 1 is 2.00 bits per heavy atom. The Kier molecular flexibility index (Phi) is 0.889. The number of nitrogens with zero attached hydrogens (tertiary/aromatic N) is 1. The molecule has 1 aliphatic rings. The largest absolute Gasteiger partial charge is 0.370 e. The molecular weight excluding hydrogens is 95.1 g/mol. The zero-order chi connectivity index (χ0) is 5.28. The molecule has 0 aliphatic carbocycles. The minimum atomic E-state index is -0.194. The summed E-state index contributed by atoms with van der Waals surface area (Å²) in [7, 11) is 1.69. The Morgan fingerprint density at radius 3 is 2.86 bits per heavy atom. The molecule has 0 fully saturated rings. The molecule has 0 unspecified atom stereocenters. The van der Waals surface area contributed by atoms with Crippen LogP contribution in [0.5, 0.6) is 0 Å². The van der Waals surface area contributed by atoms with E-state index in [9.17, 15) is 4.39 Å². The van der Waals surface area contributed by atoms with Crippen LogP contribution in [0.2, 0.25) is 0 Å². The van der Waals surface area contributed by atoms with Crippen molar-refractivity contribution in [3.8, 4) is 0 Å². The Bertz CT molecular complexity index is 99.9. The van der Waals surface area contributed by atoms with Crippen LogP contribution in [0.3, 0.4) is 0 Å². The maximum absolute atomic E-state index is 12.0. The van der Waals surface area contributed by atoms with E-state index in [0.717, 1.165) is 0 Å². The smallest absolute Gasteiger partial charge is 0.206 e. The van der Waals surface area contributed by atoms with Gasteiger partial charge in [0.15, 0.2) is 0 Å². The highest BCUT2D eigenvalue weighted by Crippen LogP contribution is 2.03. The van der Waals surface area contributed by atoms with E-state index < -0.39 is 0 Å². The lowest BCUT2D eigenvalue weighted by molar-refractivity contribution is 0.346. The Labute approximate surface area is 41.6 Å². The van der Waals surface area contributed by atoms with Crippen molar-refractivity contribution in [1.82, 2.24) is 10.2 Å². The van der Waals surface area contributed by atoms with E-state index in [2.05, 4.69) is 5.32 Å². The topological polar surface area (TPSA) is 15.3 Å².